The van der Waals surface area contributed by atoms with Crippen molar-refractivity contribution < 1.29 is 0 Å². The first kappa shape index (κ1) is 15.1. The van der Waals surface area contributed by atoms with Crippen molar-refractivity contribution in [1.29, 1.82) is 0 Å². The summed E-state index contributed by atoms with van der Waals surface area (Å²) in [6, 6.07) is 5.57. The first-order chi connectivity index (χ1) is 9.54. The van der Waals surface area contributed by atoms with Gasteiger partial charge in [-0.25, -0.2) is 9.97 Å². The Labute approximate surface area is 129 Å². The van der Waals surface area contributed by atoms with Gasteiger partial charge in [0, 0.05) is 17.7 Å². The number of halogens is 2. The van der Waals surface area contributed by atoms with Gasteiger partial charge in [-0.1, -0.05) is 42.3 Å². The van der Waals surface area contributed by atoms with Crippen molar-refractivity contribution in [1.82, 2.24) is 9.97 Å². The molecule has 106 valence electrons. The zero-order valence-corrected chi connectivity index (χ0v) is 13.3. The standard InChI is InChI=1S/C15H17Cl2N3/c1-4-8-18-15-9(2)14(19-10(3)20-15)11-6-5-7-12(16)13(11)17/h5-7H,4,8H2,1-3H3,(H,18,19,20). The van der Waals surface area contributed by atoms with Crippen molar-refractivity contribution in [2.75, 3.05) is 11.9 Å². The highest BCUT2D eigenvalue weighted by Gasteiger charge is 2.14. The van der Waals surface area contributed by atoms with E-state index in [2.05, 4.69) is 22.2 Å². The van der Waals surface area contributed by atoms with Gasteiger partial charge < -0.3 is 5.32 Å². The van der Waals surface area contributed by atoms with Gasteiger partial charge in [0.05, 0.1) is 15.7 Å². The molecule has 3 nitrogen and oxygen atoms in total. The molecule has 2 rings (SSSR count). The minimum atomic E-state index is 0.525. The van der Waals surface area contributed by atoms with Gasteiger partial charge in [-0.05, 0) is 26.3 Å². The van der Waals surface area contributed by atoms with Gasteiger partial charge in [0.15, 0.2) is 0 Å². The number of nitrogens with zero attached hydrogens (tertiary/aromatic N) is 2. The van der Waals surface area contributed by atoms with E-state index in [9.17, 15) is 0 Å². The third kappa shape index (κ3) is 3.05. The average Bonchev–Trinajstić information content (AvgIpc) is 2.42. The van der Waals surface area contributed by atoms with E-state index in [1.54, 1.807) is 6.07 Å². The summed E-state index contributed by atoms with van der Waals surface area (Å²) in [5.41, 5.74) is 2.64. The fourth-order valence-corrected chi connectivity index (χ4v) is 2.38. The van der Waals surface area contributed by atoms with Crippen LogP contribution in [0.15, 0.2) is 18.2 Å². The third-order valence-electron chi connectivity index (χ3n) is 3.01. The Morgan fingerprint density at radius 2 is 1.90 bits per heavy atom. The molecule has 0 saturated heterocycles. The van der Waals surface area contributed by atoms with E-state index in [4.69, 9.17) is 23.2 Å². The Morgan fingerprint density at radius 3 is 2.60 bits per heavy atom. The number of benzene rings is 1. The molecule has 1 heterocycles. The average molecular weight is 310 g/mol. The van der Waals surface area contributed by atoms with E-state index in [1.807, 2.05) is 26.0 Å². The maximum Gasteiger partial charge on any atom is 0.133 e. The van der Waals surface area contributed by atoms with Crippen LogP contribution in [0.5, 0.6) is 0 Å². The molecule has 1 N–H and O–H groups in total. The molecule has 0 bridgehead atoms. The highest BCUT2D eigenvalue weighted by Crippen LogP contribution is 2.35. The van der Waals surface area contributed by atoms with Crippen molar-refractivity contribution in [2.45, 2.75) is 27.2 Å². The third-order valence-corrected chi connectivity index (χ3v) is 3.83. The van der Waals surface area contributed by atoms with E-state index in [0.717, 1.165) is 35.6 Å². The van der Waals surface area contributed by atoms with Gasteiger partial charge in [-0.3, -0.25) is 0 Å². The van der Waals surface area contributed by atoms with E-state index in [0.29, 0.717) is 15.9 Å². The molecule has 0 aliphatic carbocycles. The molecule has 0 saturated carbocycles. The molecule has 5 heteroatoms. The summed E-state index contributed by atoms with van der Waals surface area (Å²) >= 11 is 12.4. The maximum absolute atomic E-state index is 6.30. The Morgan fingerprint density at radius 1 is 1.15 bits per heavy atom. The second-order valence-electron chi connectivity index (χ2n) is 4.62. The summed E-state index contributed by atoms with van der Waals surface area (Å²) < 4.78 is 0. The van der Waals surface area contributed by atoms with Crippen molar-refractivity contribution >= 4 is 29.0 Å². The fourth-order valence-electron chi connectivity index (χ4n) is 1.99. The molecule has 20 heavy (non-hydrogen) atoms. The summed E-state index contributed by atoms with van der Waals surface area (Å²) in [6.45, 7) is 6.85. The first-order valence-corrected chi connectivity index (χ1v) is 7.33. The van der Waals surface area contributed by atoms with Crippen LogP contribution in [0.2, 0.25) is 10.0 Å². The van der Waals surface area contributed by atoms with Gasteiger partial charge in [-0.15, -0.1) is 0 Å². The van der Waals surface area contributed by atoms with Crippen LogP contribution in [0.25, 0.3) is 11.3 Å². The number of aryl methyl sites for hydroxylation is 1. The van der Waals surface area contributed by atoms with E-state index in [-0.39, 0.29) is 0 Å². The number of anilines is 1. The molecule has 1 aromatic carbocycles. The van der Waals surface area contributed by atoms with Crippen molar-refractivity contribution in [3.8, 4) is 11.3 Å². The quantitative estimate of drug-likeness (QED) is 0.873. The Hall–Kier alpha value is -1.32. The van der Waals surface area contributed by atoms with Crippen LogP contribution in [0.1, 0.15) is 24.7 Å². The molecule has 0 aliphatic rings. The second-order valence-corrected chi connectivity index (χ2v) is 5.41. The predicted molar refractivity (Wildman–Crippen MR) is 85.7 cm³/mol. The SMILES string of the molecule is CCCNc1nc(C)nc(-c2cccc(Cl)c2Cl)c1C. The monoisotopic (exact) mass is 309 g/mol. The van der Waals surface area contributed by atoms with Gasteiger partial charge in [0.25, 0.3) is 0 Å². The lowest BCUT2D eigenvalue weighted by molar-refractivity contribution is 0.948. The molecule has 0 radical (unpaired) electrons. The number of hydrogen-bond acceptors (Lipinski definition) is 3. The largest absolute Gasteiger partial charge is 0.370 e. The minimum Gasteiger partial charge on any atom is -0.370 e. The van der Waals surface area contributed by atoms with Crippen LogP contribution in [0.3, 0.4) is 0 Å². The van der Waals surface area contributed by atoms with Gasteiger partial charge in [0.2, 0.25) is 0 Å². The number of rotatable bonds is 4. The molecule has 0 atom stereocenters. The second kappa shape index (κ2) is 6.42. The number of nitrogens with one attached hydrogen (secondary N) is 1. The molecule has 0 amide bonds. The van der Waals surface area contributed by atoms with Crippen molar-refractivity contribution in [2.24, 2.45) is 0 Å². The lowest BCUT2D eigenvalue weighted by atomic mass is 10.1. The topological polar surface area (TPSA) is 37.8 Å². The van der Waals surface area contributed by atoms with Crippen LogP contribution in [0, 0.1) is 13.8 Å². The van der Waals surface area contributed by atoms with Crippen LogP contribution in [-0.4, -0.2) is 16.5 Å². The number of hydrogen-bond donors (Lipinski definition) is 1. The Bertz CT molecular complexity index is 627. The van der Waals surface area contributed by atoms with Crippen LogP contribution in [-0.2, 0) is 0 Å². The maximum atomic E-state index is 6.30. The fraction of sp³-hybridized carbons (Fsp3) is 0.333. The first-order valence-electron chi connectivity index (χ1n) is 6.58. The lowest BCUT2D eigenvalue weighted by Crippen LogP contribution is -2.07. The van der Waals surface area contributed by atoms with E-state index < -0.39 is 0 Å². The number of aromatic nitrogens is 2. The summed E-state index contributed by atoms with van der Waals surface area (Å²) in [5.74, 6) is 1.56. The van der Waals surface area contributed by atoms with Gasteiger partial charge >= 0.3 is 0 Å². The smallest absolute Gasteiger partial charge is 0.133 e. The van der Waals surface area contributed by atoms with E-state index >= 15 is 0 Å². The summed E-state index contributed by atoms with van der Waals surface area (Å²) in [6.07, 6.45) is 1.04. The highest BCUT2D eigenvalue weighted by molar-refractivity contribution is 6.43. The van der Waals surface area contributed by atoms with Gasteiger partial charge in [0.1, 0.15) is 11.6 Å². The molecule has 1 aromatic heterocycles. The molecule has 0 aliphatic heterocycles. The normalized spacial score (nSPS) is 10.7. The molecular formula is C15H17Cl2N3. The van der Waals surface area contributed by atoms with Crippen LogP contribution in [0.4, 0.5) is 5.82 Å². The molecule has 0 unspecified atom stereocenters. The summed E-state index contributed by atoms with van der Waals surface area (Å²) in [4.78, 5) is 8.97. The van der Waals surface area contributed by atoms with Crippen LogP contribution < -0.4 is 5.32 Å². The molecule has 2 aromatic rings. The molecular weight excluding hydrogens is 293 g/mol. The van der Waals surface area contributed by atoms with Crippen LogP contribution >= 0.6 is 23.2 Å². The molecule has 0 spiro atoms. The van der Waals surface area contributed by atoms with E-state index in [1.165, 1.54) is 0 Å². The predicted octanol–water partition coefficient (Wildman–Crippen LogP) is 4.89. The summed E-state index contributed by atoms with van der Waals surface area (Å²) in [5, 5.41) is 4.38. The lowest BCUT2D eigenvalue weighted by Gasteiger charge is -2.14. The van der Waals surface area contributed by atoms with Gasteiger partial charge in [-0.2, -0.15) is 0 Å². The Kier molecular flexibility index (Phi) is 4.84. The zero-order chi connectivity index (χ0) is 14.7. The zero-order valence-electron chi connectivity index (χ0n) is 11.8. The van der Waals surface area contributed by atoms with Crippen molar-refractivity contribution in [3.63, 3.8) is 0 Å². The Balaban J connectivity index is 2.56. The minimum absolute atomic E-state index is 0.525. The van der Waals surface area contributed by atoms with Crippen molar-refractivity contribution in [3.05, 3.63) is 39.6 Å². The highest BCUT2D eigenvalue weighted by atomic mass is 35.5. The molecule has 0 fully saturated rings. The summed E-state index contributed by atoms with van der Waals surface area (Å²) in [7, 11) is 0.